The minimum atomic E-state index is -0.986. The van der Waals surface area contributed by atoms with E-state index in [2.05, 4.69) is 72.8 Å². The fourth-order valence-electron chi connectivity index (χ4n) is 6.26. The van der Waals surface area contributed by atoms with E-state index in [4.69, 9.17) is 16.2 Å². The number of nitrogens with two attached hydrogens (primary N) is 2. The monoisotopic (exact) mass is 740 g/mol. The van der Waals surface area contributed by atoms with Crippen molar-refractivity contribution in [1.29, 1.82) is 0 Å². The zero-order valence-corrected chi connectivity index (χ0v) is 31.2. The van der Waals surface area contributed by atoms with Crippen molar-refractivity contribution in [3.05, 3.63) is 215 Å². The van der Waals surface area contributed by atoms with Crippen LogP contribution in [0, 0.1) is 0 Å². The van der Waals surface area contributed by atoms with E-state index in [0.717, 1.165) is 33.4 Å². The molecule has 8 heteroatoms. The molecule has 0 unspecified atom stereocenters. The molecule has 0 aliphatic carbocycles. The summed E-state index contributed by atoms with van der Waals surface area (Å²) in [5.74, 6) is -0.648. The Hall–Kier alpha value is -5.12. The number of hydrogen-bond acceptors (Lipinski definition) is 7. The Labute approximate surface area is 320 Å². The maximum atomic E-state index is 11.9. The van der Waals surface area contributed by atoms with Crippen LogP contribution in [0.25, 0.3) is 0 Å². The average Bonchev–Trinajstić information content (AvgIpc) is 3.23. The third kappa shape index (κ3) is 9.28. The lowest BCUT2D eigenvalue weighted by atomic mass is 9.84. The molecule has 0 fully saturated rings. The maximum Gasteiger partial charge on any atom is 0.323 e. The van der Waals surface area contributed by atoms with Gasteiger partial charge < -0.3 is 21.3 Å². The van der Waals surface area contributed by atoms with E-state index in [-0.39, 0.29) is 0 Å². The Morgan fingerprint density at radius 3 is 0.925 bits per heavy atom. The molecule has 0 bridgehead atoms. The molecule has 0 aliphatic heterocycles. The van der Waals surface area contributed by atoms with E-state index in [9.17, 15) is 14.7 Å². The van der Waals surface area contributed by atoms with E-state index in [1.54, 1.807) is 23.5 Å². The van der Waals surface area contributed by atoms with Gasteiger partial charge in [0.15, 0.2) is 0 Å². The Kier molecular flexibility index (Phi) is 14.1. The number of aliphatic carboxylic acids is 1. The summed E-state index contributed by atoms with van der Waals surface area (Å²) < 4.78 is 3.81. The molecule has 0 spiro atoms. The maximum absolute atomic E-state index is 11.9. The highest BCUT2D eigenvalue weighted by Crippen LogP contribution is 2.49. The van der Waals surface area contributed by atoms with Crippen molar-refractivity contribution in [2.75, 3.05) is 18.6 Å². The second kappa shape index (κ2) is 19.1. The summed E-state index contributed by atoms with van der Waals surface area (Å²) in [6.45, 7) is 0. The Morgan fingerprint density at radius 2 is 0.717 bits per heavy atom. The summed E-state index contributed by atoms with van der Waals surface area (Å²) in [6, 6.07) is 59.9. The Balaban J connectivity index is 0.000000204. The molecule has 6 nitrogen and oxygen atoms in total. The van der Waals surface area contributed by atoms with Gasteiger partial charge in [-0.15, -0.1) is 23.5 Å². The minimum absolute atomic E-state index is 0.300. The quantitative estimate of drug-likeness (QED) is 0.0755. The van der Waals surface area contributed by atoms with Gasteiger partial charge in [0.1, 0.15) is 12.1 Å². The lowest BCUT2D eigenvalue weighted by Crippen LogP contribution is -2.36. The molecule has 270 valence electrons. The van der Waals surface area contributed by atoms with Gasteiger partial charge in [-0.3, -0.25) is 9.59 Å². The highest BCUT2D eigenvalue weighted by atomic mass is 32.2. The largest absolute Gasteiger partial charge is 0.480 e. The van der Waals surface area contributed by atoms with Gasteiger partial charge in [-0.25, -0.2) is 0 Å². The number of thioether (sulfide) groups is 2. The van der Waals surface area contributed by atoms with E-state index in [1.165, 1.54) is 7.11 Å². The van der Waals surface area contributed by atoms with Gasteiger partial charge in [-0.1, -0.05) is 182 Å². The Morgan fingerprint density at radius 1 is 0.491 bits per heavy atom. The second-order valence-corrected chi connectivity index (χ2v) is 14.7. The molecule has 53 heavy (non-hydrogen) atoms. The summed E-state index contributed by atoms with van der Waals surface area (Å²) in [5.41, 5.74) is 18.6. The number of benzene rings is 6. The highest BCUT2D eigenvalue weighted by Gasteiger charge is 2.39. The molecule has 0 aliphatic rings. The molecule has 5 N–H and O–H groups in total. The van der Waals surface area contributed by atoms with Gasteiger partial charge in [0.05, 0.1) is 16.6 Å². The van der Waals surface area contributed by atoms with Crippen molar-refractivity contribution < 1.29 is 19.4 Å². The first-order chi connectivity index (χ1) is 25.8. The van der Waals surface area contributed by atoms with Crippen molar-refractivity contribution in [3.63, 3.8) is 0 Å². The van der Waals surface area contributed by atoms with Crippen LogP contribution in [-0.4, -0.2) is 47.7 Å². The third-order valence-corrected chi connectivity index (χ3v) is 12.2. The van der Waals surface area contributed by atoms with Crippen LogP contribution in [0.4, 0.5) is 0 Å². The molecule has 6 aromatic carbocycles. The molecular formula is C45H44N2O4S2. The number of carboxylic acid groups (broad SMARTS) is 1. The van der Waals surface area contributed by atoms with E-state index < -0.39 is 33.5 Å². The number of carbonyl (C=O) groups excluding carboxylic acids is 1. The van der Waals surface area contributed by atoms with Crippen LogP contribution in [0.1, 0.15) is 33.4 Å². The smallest absolute Gasteiger partial charge is 0.323 e. The Bertz CT molecular complexity index is 1790. The molecule has 6 rings (SSSR count). The van der Waals surface area contributed by atoms with E-state index in [1.807, 2.05) is 109 Å². The summed E-state index contributed by atoms with van der Waals surface area (Å²) in [5, 5.41) is 9.25. The molecule has 0 aromatic heterocycles. The lowest BCUT2D eigenvalue weighted by Gasteiger charge is -2.36. The topological polar surface area (TPSA) is 116 Å². The van der Waals surface area contributed by atoms with Gasteiger partial charge in [-0.2, -0.15) is 0 Å². The molecule has 0 radical (unpaired) electrons. The predicted octanol–water partition coefficient (Wildman–Crippen LogP) is 8.34. The van der Waals surface area contributed by atoms with Crippen LogP contribution in [0.5, 0.6) is 0 Å². The number of ether oxygens (including phenoxy) is 1. The normalized spacial score (nSPS) is 12.4. The first-order valence-electron chi connectivity index (χ1n) is 17.3. The summed E-state index contributed by atoms with van der Waals surface area (Å²) in [6.07, 6.45) is 0. The minimum Gasteiger partial charge on any atom is -0.480 e. The van der Waals surface area contributed by atoms with Gasteiger partial charge in [0, 0.05) is 11.5 Å². The molecule has 0 amide bonds. The summed E-state index contributed by atoms with van der Waals surface area (Å²) in [4.78, 5) is 23.2. The van der Waals surface area contributed by atoms with Crippen molar-refractivity contribution in [1.82, 2.24) is 0 Å². The molecule has 2 atom stereocenters. The number of carbonyl (C=O) groups is 2. The summed E-state index contributed by atoms with van der Waals surface area (Å²) >= 11 is 3.21. The predicted molar refractivity (Wildman–Crippen MR) is 219 cm³/mol. The van der Waals surface area contributed by atoms with E-state index >= 15 is 0 Å². The zero-order chi connectivity index (χ0) is 37.5. The van der Waals surface area contributed by atoms with Crippen molar-refractivity contribution >= 4 is 35.5 Å². The van der Waals surface area contributed by atoms with Crippen LogP contribution >= 0.6 is 23.5 Å². The number of hydrogen-bond donors (Lipinski definition) is 3. The SMILES string of the molecule is COC(=O)[C@H](N)CSC(c1ccccc1)(c1ccccc1)c1ccccc1.N[C@H](CSC(c1ccccc1)(c1ccccc1)c1ccccc1)C(=O)O. The van der Waals surface area contributed by atoms with Gasteiger partial charge in [0.25, 0.3) is 0 Å². The zero-order valence-electron chi connectivity index (χ0n) is 29.5. The molecule has 0 saturated carbocycles. The van der Waals surface area contributed by atoms with Crippen molar-refractivity contribution in [2.45, 2.75) is 21.6 Å². The molecule has 0 heterocycles. The van der Waals surface area contributed by atoms with Gasteiger partial charge in [-0.05, 0) is 33.4 Å². The fourth-order valence-corrected chi connectivity index (χ4v) is 9.21. The first-order valence-corrected chi connectivity index (χ1v) is 19.2. The number of esters is 1. The average molecular weight is 741 g/mol. The van der Waals surface area contributed by atoms with Crippen LogP contribution in [0.2, 0.25) is 0 Å². The second-order valence-electron chi connectivity index (χ2n) is 12.3. The molecule has 0 saturated heterocycles. The fraction of sp³-hybridized carbons (Fsp3) is 0.156. The van der Waals surface area contributed by atoms with Crippen LogP contribution < -0.4 is 11.5 Å². The van der Waals surface area contributed by atoms with Gasteiger partial charge >= 0.3 is 11.9 Å². The lowest BCUT2D eigenvalue weighted by molar-refractivity contribution is -0.141. The molecule has 6 aromatic rings. The standard InChI is InChI=1S/C23H23NO2S.C22H21NO2S/c1-26-22(25)21(24)17-27-23(18-11-5-2-6-12-18,19-13-7-3-8-14-19)20-15-9-4-10-16-20;23-20(21(24)25)16-26-22(17-10-4-1-5-11-17,18-12-6-2-7-13-18)19-14-8-3-9-15-19/h2-16,21H,17,24H2,1H3;1-15,20H,16,23H2,(H,24,25)/t21-;20-/m11/s1. The molecular weight excluding hydrogens is 697 g/mol. The third-order valence-electron chi connectivity index (χ3n) is 8.86. The number of carboxylic acids is 1. The van der Waals surface area contributed by atoms with Gasteiger partial charge in [0.2, 0.25) is 0 Å². The number of rotatable bonds is 14. The summed E-state index contributed by atoms with van der Waals surface area (Å²) in [7, 11) is 1.37. The van der Waals surface area contributed by atoms with Crippen LogP contribution in [0.15, 0.2) is 182 Å². The van der Waals surface area contributed by atoms with Crippen LogP contribution in [0.3, 0.4) is 0 Å². The highest BCUT2D eigenvalue weighted by molar-refractivity contribution is 8.01. The van der Waals surface area contributed by atoms with E-state index in [0.29, 0.717) is 11.5 Å². The first kappa shape index (κ1) is 39.1. The van der Waals surface area contributed by atoms with Crippen LogP contribution in [-0.2, 0) is 23.8 Å². The van der Waals surface area contributed by atoms with Crippen molar-refractivity contribution in [2.24, 2.45) is 11.5 Å². The number of methoxy groups -OCH3 is 1. The van der Waals surface area contributed by atoms with Crippen molar-refractivity contribution in [3.8, 4) is 0 Å².